The average Bonchev–Trinajstić information content (AvgIpc) is 2.61. The smallest absolute Gasteiger partial charge is 0.287 e. The standard InChI is InChI=1S/C20H32ClNO3P/c1-15(23)16-10-9-11-22(12-16)20(7)13-19(6,14-25-26(8,21)24)17(2,3)18(20,4)5/h9-12H,13-14H2,1-8H3/q+1/t19-,20?,26?/m1/s1. The Morgan fingerprint density at radius 3 is 2.31 bits per heavy atom. The molecule has 1 aromatic rings. The molecule has 0 saturated heterocycles. The molecule has 0 aromatic carbocycles. The fraction of sp³-hybridized carbons (Fsp3) is 0.700. The predicted octanol–water partition coefficient (Wildman–Crippen LogP) is 5.43. The van der Waals surface area contributed by atoms with E-state index in [0.717, 1.165) is 6.42 Å². The van der Waals surface area contributed by atoms with Gasteiger partial charge < -0.3 is 4.52 Å². The number of carbonyl (C=O) groups excluding carboxylic acids is 1. The van der Waals surface area contributed by atoms with Gasteiger partial charge in [-0.3, -0.25) is 9.36 Å². The zero-order valence-electron chi connectivity index (χ0n) is 17.2. The van der Waals surface area contributed by atoms with Gasteiger partial charge in [0.2, 0.25) is 0 Å². The first-order valence-electron chi connectivity index (χ1n) is 9.02. The van der Waals surface area contributed by atoms with Crippen molar-refractivity contribution in [1.82, 2.24) is 0 Å². The van der Waals surface area contributed by atoms with E-state index >= 15 is 0 Å². The number of rotatable bonds is 5. The van der Waals surface area contributed by atoms with Gasteiger partial charge >= 0.3 is 0 Å². The molecule has 1 heterocycles. The van der Waals surface area contributed by atoms with Crippen LogP contribution in [-0.2, 0) is 14.6 Å². The summed E-state index contributed by atoms with van der Waals surface area (Å²) in [4.78, 5) is 11.9. The minimum atomic E-state index is -3.07. The number of Topliss-reactive ketones (excluding diaryl/α,β-unsaturated/α-hetero) is 1. The maximum Gasteiger partial charge on any atom is 0.287 e. The molecular formula is C20H32ClNO3P+. The Bertz CT molecular complexity index is 770. The van der Waals surface area contributed by atoms with Crippen LogP contribution in [0.25, 0.3) is 0 Å². The lowest BCUT2D eigenvalue weighted by Crippen LogP contribution is -2.61. The number of hydrogen-bond acceptors (Lipinski definition) is 3. The molecule has 26 heavy (non-hydrogen) atoms. The van der Waals surface area contributed by atoms with Crippen LogP contribution in [0.1, 0.15) is 65.2 Å². The van der Waals surface area contributed by atoms with E-state index in [4.69, 9.17) is 15.8 Å². The summed E-state index contributed by atoms with van der Waals surface area (Å²) < 4.78 is 19.7. The van der Waals surface area contributed by atoms with Crippen LogP contribution in [0.4, 0.5) is 0 Å². The number of carbonyl (C=O) groups is 1. The molecule has 1 aliphatic carbocycles. The highest BCUT2D eigenvalue weighted by molar-refractivity contribution is 7.84. The van der Waals surface area contributed by atoms with Crippen molar-refractivity contribution in [3.63, 3.8) is 0 Å². The first-order chi connectivity index (χ1) is 11.6. The Morgan fingerprint density at radius 2 is 1.81 bits per heavy atom. The molecule has 2 unspecified atom stereocenters. The van der Waals surface area contributed by atoms with Crippen LogP contribution in [-0.4, -0.2) is 19.1 Å². The number of pyridine rings is 1. The third kappa shape index (κ3) is 3.30. The van der Waals surface area contributed by atoms with Crippen LogP contribution in [0.3, 0.4) is 0 Å². The molecule has 4 nitrogen and oxygen atoms in total. The lowest BCUT2D eigenvalue weighted by atomic mass is 9.58. The van der Waals surface area contributed by atoms with Gasteiger partial charge in [-0.2, -0.15) is 4.57 Å². The summed E-state index contributed by atoms with van der Waals surface area (Å²) in [6, 6.07) is 3.77. The summed E-state index contributed by atoms with van der Waals surface area (Å²) in [6.07, 6.45) is 4.80. The highest BCUT2D eigenvalue weighted by atomic mass is 35.7. The van der Waals surface area contributed by atoms with Crippen LogP contribution in [0.15, 0.2) is 24.5 Å². The quantitative estimate of drug-likeness (QED) is 0.376. The summed E-state index contributed by atoms with van der Waals surface area (Å²) in [5.74, 6) is 0.0539. The third-order valence-corrected chi connectivity index (χ3v) is 8.43. The molecule has 0 aliphatic heterocycles. The van der Waals surface area contributed by atoms with Crippen molar-refractivity contribution in [2.24, 2.45) is 16.2 Å². The van der Waals surface area contributed by atoms with E-state index in [2.05, 4.69) is 46.1 Å². The molecule has 0 bridgehead atoms. The fourth-order valence-electron chi connectivity index (χ4n) is 4.52. The summed E-state index contributed by atoms with van der Waals surface area (Å²) in [7, 11) is 0. The predicted molar refractivity (Wildman–Crippen MR) is 106 cm³/mol. The molecule has 1 aliphatic rings. The highest BCUT2D eigenvalue weighted by Crippen LogP contribution is 2.68. The lowest BCUT2D eigenvalue weighted by molar-refractivity contribution is -0.775. The second-order valence-electron chi connectivity index (χ2n) is 9.34. The number of ketones is 1. The van der Waals surface area contributed by atoms with Crippen molar-refractivity contribution in [2.45, 2.75) is 60.4 Å². The normalized spacial score (nSPS) is 32.2. The monoisotopic (exact) mass is 400 g/mol. The van der Waals surface area contributed by atoms with Gasteiger partial charge in [0.1, 0.15) is 0 Å². The topological polar surface area (TPSA) is 47.2 Å². The maximum atomic E-state index is 11.9. The molecule has 0 spiro atoms. The van der Waals surface area contributed by atoms with Gasteiger partial charge in [0, 0.05) is 36.9 Å². The minimum absolute atomic E-state index is 0.0539. The zero-order valence-corrected chi connectivity index (χ0v) is 18.9. The minimum Gasteiger partial charge on any atom is -0.317 e. The molecular weight excluding hydrogens is 369 g/mol. The Hall–Kier alpha value is -0.700. The van der Waals surface area contributed by atoms with E-state index in [1.54, 1.807) is 6.92 Å². The van der Waals surface area contributed by atoms with Crippen LogP contribution in [0.5, 0.6) is 0 Å². The summed E-state index contributed by atoms with van der Waals surface area (Å²) >= 11 is 5.87. The lowest BCUT2D eigenvalue weighted by Gasteiger charge is -2.46. The second kappa shape index (κ2) is 6.43. The van der Waals surface area contributed by atoms with Gasteiger partial charge in [-0.1, -0.05) is 34.6 Å². The van der Waals surface area contributed by atoms with Gasteiger partial charge in [0.15, 0.2) is 23.7 Å². The maximum absolute atomic E-state index is 11.9. The molecule has 2 rings (SSSR count). The van der Waals surface area contributed by atoms with Crippen molar-refractivity contribution in [1.29, 1.82) is 0 Å². The average molecular weight is 401 g/mol. The number of nitrogens with zero attached hydrogens (tertiary/aromatic N) is 1. The summed E-state index contributed by atoms with van der Waals surface area (Å²) in [5.41, 5.74) is -0.0248. The van der Waals surface area contributed by atoms with Crippen molar-refractivity contribution in [2.75, 3.05) is 13.3 Å². The molecule has 1 fully saturated rings. The van der Waals surface area contributed by atoms with Gasteiger partial charge in [-0.25, -0.2) is 0 Å². The molecule has 0 N–H and O–H groups in total. The van der Waals surface area contributed by atoms with E-state index < -0.39 is 6.72 Å². The van der Waals surface area contributed by atoms with Gasteiger partial charge in [0.25, 0.3) is 6.72 Å². The number of hydrogen-bond donors (Lipinski definition) is 0. The van der Waals surface area contributed by atoms with Crippen LogP contribution >= 0.6 is 18.0 Å². The Morgan fingerprint density at radius 1 is 1.23 bits per heavy atom. The van der Waals surface area contributed by atoms with E-state index in [9.17, 15) is 9.36 Å². The van der Waals surface area contributed by atoms with Crippen LogP contribution in [0, 0.1) is 16.2 Å². The molecule has 1 aromatic heterocycles. The zero-order chi connectivity index (χ0) is 20.2. The van der Waals surface area contributed by atoms with Crippen molar-refractivity contribution < 1.29 is 18.5 Å². The van der Waals surface area contributed by atoms with Crippen molar-refractivity contribution in [3.8, 4) is 0 Å². The van der Waals surface area contributed by atoms with E-state index in [1.165, 1.54) is 6.66 Å². The van der Waals surface area contributed by atoms with Gasteiger partial charge in [0.05, 0.1) is 12.2 Å². The van der Waals surface area contributed by atoms with E-state index in [1.807, 2.05) is 24.5 Å². The fourth-order valence-corrected chi connectivity index (χ4v) is 5.19. The van der Waals surface area contributed by atoms with Gasteiger partial charge in [-0.05, 0) is 29.6 Å². The molecule has 146 valence electrons. The SMILES string of the molecule is CC(=O)c1ccc[n+](C2(C)C[C@](C)(COP(C)(=O)Cl)C(C)(C)C2(C)C)c1. The summed E-state index contributed by atoms with van der Waals surface area (Å²) in [5, 5.41) is 0. The second-order valence-corrected chi connectivity index (χ2v) is 12.9. The summed E-state index contributed by atoms with van der Waals surface area (Å²) in [6.45, 7) is 13.7. The molecule has 0 amide bonds. The van der Waals surface area contributed by atoms with E-state index in [-0.39, 0.29) is 27.6 Å². The van der Waals surface area contributed by atoms with Crippen LogP contribution < -0.4 is 4.57 Å². The number of aromatic nitrogens is 1. The molecule has 0 radical (unpaired) electrons. The Balaban J connectivity index is 2.55. The first-order valence-corrected chi connectivity index (χ1v) is 12.0. The molecule has 3 atom stereocenters. The van der Waals surface area contributed by atoms with Gasteiger partial charge in [-0.15, -0.1) is 0 Å². The van der Waals surface area contributed by atoms with Crippen molar-refractivity contribution in [3.05, 3.63) is 30.1 Å². The Labute approximate surface area is 162 Å². The molecule has 1 saturated carbocycles. The number of halogens is 1. The van der Waals surface area contributed by atoms with Crippen molar-refractivity contribution >= 4 is 23.7 Å². The first kappa shape index (κ1) is 21.6. The van der Waals surface area contributed by atoms with E-state index in [0.29, 0.717) is 12.2 Å². The largest absolute Gasteiger partial charge is 0.317 e. The van der Waals surface area contributed by atoms with Crippen LogP contribution in [0.2, 0.25) is 0 Å². The Kier molecular flexibility index (Phi) is 5.34. The third-order valence-electron chi connectivity index (χ3n) is 7.54. The molecule has 6 heteroatoms. The highest BCUT2D eigenvalue weighted by Gasteiger charge is 2.71.